The Labute approximate surface area is 137 Å². The van der Waals surface area contributed by atoms with Crippen LogP contribution in [0.1, 0.15) is 15.9 Å². The highest BCUT2D eigenvalue weighted by molar-refractivity contribution is 6.11. The number of azo groups is 1. The fourth-order valence-corrected chi connectivity index (χ4v) is 2.14. The van der Waals surface area contributed by atoms with Crippen molar-refractivity contribution in [2.45, 2.75) is 0 Å². The smallest absolute Gasteiger partial charge is 0.195 e. The summed E-state index contributed by atoms with van der Waals surface area (Å²) in [5, 5.41) is 7.98. The first-order valence-electron chi connectivity index (χ1n) is 7.20. The van der Waals surface area contributed by atoms with E-state index in [1.54, 1.807) is 30.3 Å². The molecule has 0 aliphatic carbocycles. The summed E-state index contributed by atoms with van der Waals surface area (Å²) < 4.78 is 26.5. The van der Waals surface area contributed by atoms with Gasteiger partial charge in [-0.05, 0) is 42.5 Å². The van der Waals surface area contributed by atoms with E-state index in [-0.39, 0.29) is 22.9 Å². The number of nitrogens with zero attached hydrogens (tertiary/aromatic N) is 2. The van der Waals surface area contributed by atoms with E-state index in [1.807, 2.05) is 0 Å². The molecule has 3 nitrogen and oxygen atoms in total. The third-order valence-electron chi connectivity index (χ3n) is 3.34. The van der Waals surface area contributed by atoms with Gasteiger partial charge in [-0.2, -0.15) is 5.11 Å². The third-order valence-corrected chi connectivity index (χ3v) is 3.34. The lowest BCUT2D eigenvalue weighted by Gasteiger charge is -2.05. The number of carbonyl (C=O) groups excluding carboxylic acids is 1. The average molecular weight is 322 g/mol. The molecule has 0 aliphatic rings. The van der Waals surface area contributed by atoms with Crippen LogP contribution in [0.15, 0.2) is 83.0 Å². The Morgan fingerprint density at radius 2 is 1.42 bits per heavy atom. The molecule has 0 heterocycles. The second kappa shape index (κ2) is 6.91. The molecule has 0 saturated carbocycles. The molecule has 5 heteroatoms. The van der Waals surface area contributed by atoms with Gasteiger partial charge in [0.2, 0.25) is 0 Å². The molecule has 24 heavy (non-hydrogen) atoms. The minimum Gasteiger partial charge on any atom is -0.289 e. The number of halogens is 2. The van der Waals surface area contributed by atoms with E-state index < -0.39 is 5.82 Å². The van der Waals surface area contributed by atoms with Gasteiger partial charge in [-0.1, -0.05) is 30.3 Å². The Hall–Kier alpha value is -3.21. The molecule has 0 atom stereocenters. The summed E-state index contributed by atoms with van der Waals surface area (Å²) in [6.07, 6.45) is 0. The third kappa shape index (κ3) is 3.57. The van der Waals surface area contributed by atoms with E-state index >= 15 is 0 Å². The molecule has 118 valence electrons. The molecule has 0 unspecified atom stereocenters. The van der Waals surface area contributed by atoms with Gasteiger partial charge in [-0.15, -0.1) is 5.11 Å². The van der Waals surface area contributed by atoms with Crippen LogP contribution in [0.25, 0.3) is 0 Å². The first-order chi connectivity index (χ1) is 11.6. The number of rotatable bonds is 4. The minimum atomic E-state index is -0.532. The van der Waals surface area contributed by atoms with Crippen LogP contribution < -0.4 is 0 Å². The van der Waals surface area contributed by atoms with Crippen molar-refractivity contribution >= 4 is 17.2 Å². The molecule has 0 N–H and O–H groups in total. The lowest BCUT2D eigenvalue weighted by molar-refractivity contribution is 0.103. The maximum atomic E-state index is 13.6. The van der Waals surface area contributed by atoms with Gasteiger partial charge in [0.05, 0.1) is 16.9 Å². The molecule has 3 rings (SSSR count). The molecule has 3 aromatic carbocycles. The van der Waals surface area contributed by atoms with E-state index in [2.05, 4.69) is 10.2 Å². The maximum Gasteiger partial charge on any atom is 0.195 e. The van der Waals surface area contributed by atoms with Gasteiger partial charge in [-0.25, -0.2) is 8.78 Å². The van der Waals surface area contributed by atoms with Crippen molar-refractivity contribution in [3.05, 3.63) is 95.6 Å². The fourth-order valence-electron chi connectivity index (χ4n) is 2.14. The molecule has 0 spiro atoms. The number of carbonyl (C=O) groups is 1. The first-order valence-corrected chi connectivity index (χ1v) is 7.20. The van der Waals surface area contributed by atoms with Gasteiger partial charge in [0.1, 0.15) is 11.6 Å². The fraction of sp³-hybridized carbons (Fsp3) is 0. The molecule has 0 amide bonds. The van der Waals surface area contributed by atoms with Gasteiger partial charge < -0.3 is 0 Å². The number of hydrogen-bond acceptors (Lipinski definition) is 3. The van der Waals surface area contributed by atoms with Crippen molar-refractivity contribution in [1.29, 1.82) is 0 Å². The standard InChI is InChI=1S/C19H12F2N2O/c20-14-6-9-16(10-7-14)22-23-18-11-8-15(21)12-17(18)19(24)13-4-2-1-3-5-13/h1-12H. The van der Waals surface area contributed by atoms with Crippen LogP contribution in [0, 0.1) is 11.6 Å². The first kappa shape index (κ1) is 15.7. The minimum absolute atomic E-state index is 0.118. The van der Waals surface area contributed by atoms with Gasteiger partial charge in [0, 0.05) is 5.56 Å². The highest BCUT2D eigenvalue weighted by Gasteiger charge is 2.14. The van der Waals surface area contributed by atoms with Crippen LogP contribution in [-0.4, -0.2) is 5.78 Å². The predicted octanol–water partition coefficient (Wildman–Crippen LogP) is 5.61. The lowest BCUT2D eigenvalue weighted by atomic mass is 10.0. The van der Waals surface area contributed by atoms with Gasteiger partial charge in [0.25, 0.3) is 0 Å². The topological polar surface area (TPSA) is 41.8 Å². The summed E-state index contributed by atoms with van der Waals surface area (Å²) in [6.45, 7) is 0. The Bertz CT molecular complexity index is 891. The van der Waals surface area contributed by atoms with Crippen LogP contribution in [0.2, 0.25) is 0 Å². The van der Waals surface area contributed by atoms with Crippen LogP contribution in [0.4, 0.5) is 20.2 Å². The molecule has 3 aromatic rings. The zero-order valence-corrected chi connectivity index (χ0v) is 12.5. The van der Waals surface area contributed by atoms with Crippen molar-refractivity contribution in [3.63, 3.8) is 0 Å². The molecule has 0 aromatic heterocycles. The summed E-state index contributed by atoms with van der Waals surface area (Å²) in [6, 6.07) is 17.7. The maximum absolute atomic E-state index is 13.6. The monoisotopic (exact) mass is 322 g/mol. The SMILES string of the molecule is O=C(c1ccccc1)c1cc(F)ccc1N=Nc1ccc(F)cc1. The average Bonchev–Trinajstić information content (AvgIpc) is 2.62. The Morgan fingerprint density at radius 3 is 2.12 bits per heavy atom. The summed E-state index contributed by atoms with van der Waals surface area (Å²) in [4.78, 5) is 12.6. The zero-order chi connectivity index (χ0) is 16.9. The van der Waals surface area contributed by atoms with E-state index in [0.717, 1.165) is 6.07 Å². The summed E-state index contributed by atoms with van der Waals surface area (Å²) in [5.74, 6) is -1.26. The highest BCUT2D eigenvalue weighted by Crippen LogP contribution is 2.26. The number of benzene rings is 3. The summed E-state index contributed by atoms with van der Waals surface area (Å²) >= 11 is 0. The van der Waals surface area contributed by atoms with Crippen LogP contribution in [0.3, 0.4) is 0 Å². The second-order valence-electron chi connectivity index (χ2n) is 5.03. The van der Waals surface area contributed by atoms with Gasteiger partial charge >= 0.3 is 0 Å². The Morgan fingerprint density at radius 1 is 0.750 bits per heavy atom. The van der Waals surface area contributed by atoms with Crippen molar-refractivity contribution in [1.82, 2.24) is 0 Å². The Kier molecular flexibility index (Phi) is 4.52. The van der Waals surface area contributed by atoms with Crippen molar-refractivity contribution in [3.8, 4) is 0 Å². The Balaban J connectivity index is 1.97. The number of hydrogen-bond donors (Lipinski definition) is 0. The molecule has 0 saturated heterocycles. The van der Waals surface area contributed by atoms with Crippen LogP contribution in [0.5, 0.6) is 0 Å². The van der Waals surface area contributed by atoms with Crippen LogP contribution >= 0.6 is 0 Å². The summed E-state index contributed by atoms with van der Waals surface area (Å²) in [7, 11) is 0. The lowest BCUT2D eigenvalue weighted by Crippen LogP contribution is -2.02. The van der Waals surface area contributed by atoms with Crippen LogP contribution in [-0.2, 0) is 0 Å². The zero-order valence-electron chi connectivity index (χ0n) is 12.5. The van der Waals surface area contributed by atoms with Crippen molar-refractivity contribution in [2.24, 2.45) is 10.2 Å². The predicted molar refractivity (Wildman–Crippen MR) is 86.9 cm³/mol. The highest BCUT2D eigenvalue weighted by atomic mass is 19.1. The molecule has 0 radical (unpaired) electrons. The molecular weight excluding hydrogens is 310 g/mol. The van der Waals surface area contributed by atoms with E-state index in [0.29, 0.717) is 11.3 Å². The van der Waals surface area contributed by atoms with Crippen molar-refractivity contribution < 1.29 is 13.6 Å². The van der Waals surface area contributed by atoms with E-state index in [9.17, 15) is 13.6 Å². The molecule has 0 bridgehead atoms. The number of ketones is 1. The molecule has 0 aliphatic heterocycles. The quantitative estimate of drug-likeness (QED) is 0.454. The second-order valence-corrected chi connectivity index (χ2v) is 5.03. The van der Waals surface area contributed by atoms with E-state index in [1.165, 1.54) is 36.4 Å². The van der Waals surface area contributed by atoms with Gasteiger partial charge in [0.15, 0.2) is 5.78 Å². The largest absolute Gasteiger partial charge is 0.289 e. The van der Waals surface area contributed by atoms with E-state index in [4.69, 9.17) is 0 Å². The van der Waals surface area contributed by atoms with Crippen molar-refractivity contribution in [2.75, 3.05) is 0 Å². The normalized spacial score (nSPS) is 10.9. The molecule has 0 fully saturated rings. The van der Waals surface area contributed by atoms with Gasteiger partial charge in [-0.3, -0.25) is 4.79 Å². The summed E-state index contributed by atoms with van der Waals surface area (Å²) in [5.41, 5.74) is 1.22. The molecular formula is C19H12F2N2O.